The Hall–Kier alpha value is -1.94. The molecule has 4 heteroatoms. The van der Waals surface area contributed by atoms with Crippen LogP contribution in [-0.4, -0.2) is 14.8 Å². The minimum atomic E-state index is 1.07. The van der Waals surface area contributed by atoms with E-state index in [1.807, 2.05) is 24.0 Å². The van der Waals surface area contributed by atoms with Crippen LogP contribution in [0.3, 0.4) is 0 Å². The molecule has 0 spiro atoms. The van der Waals surface area contributed by atoms with Gasteiger partial charge in [-0.3, -0.25) is 4.68 Å². The van der Waals surface area contributed by atoms with Gasteiger partial charge in [-0.15, -0.1) is 11.3 Å². The molecule has 3 aromatic rings. The Morgan fingerprint density at radius 3 is 2.89 bits per heavy atom. The quantitative estimate of drug-likeness (QED) is 0.677. The first-order chi connectivity index (χ1) is 9.33. The Morgan fingerprint density at radius 1 is 1.16 bits per heavy atom. The predicted octanol–water partition coefficient (Wildman–Crippen LogP) is 3.31. The standard InChI is InChI=1S/C15H13N3S/c1-18-12(8-9-16-18)15-17-14-11-5-3-2-4-10(11)6-7-13(14)19-15/h2-5,8-9H,6-7H2,1H3. The first-order valence-electron chi connectivity index (χ1n) is 6.39. The van der Waals surface area contributed by atoms with Gasteiger partial charge < -0.3 is 0 Å². The van der Waals surface area contributed by atoms with Crippen molar-refractivity contribution in [3.8, 4) is 22.0 Å². The molecule has 0 fully saturated rings. The second-order valence-electron chi connectivity index (χ2n) is 4.79. The van der Waals surface area contributed by atoms with Crippen molar-refractivity contribution in [2.75, 3.05) is 0 Å². The van der Waals surface area contributed by atoms with Gasteiger partial charge in [-0.25, -0.2) is 4.98 Å². The van der Waals surface area contributed by atoms with Crippen molar-refractivity contribution in [2.45, 2.75) is 12.8 Å². The van der Waals surface area contributed by atoms with Gasteiger partial charge in [0.05, 0.1) is 11.4 Å². The molecular weight excluding hydrogens is 254 g/mol. The molecule has 2 aromatic heterocycles. The predicted molar refractivity (Wildman–Crippen MR) is 77.2 cm³/mol. The maximum absolute atomic E-state index is 4.85. The minimum absolute atomic E-state index is 1.07. The summed E-state index contributed by atoms with van der Waals surface area (Å²) in [4.78, 5) is 6.25. The lowest BCUT2D eigenvalue weighted by Gasteiger charge is -2.13. The van der Waals surface area contributed by atoms with Gasteiger partial charge in [-0.05, 0) is 24.5 Å². The second kappa shape index (κ2) is 4.03. The molecule has 0 N–H and O–H groups in total. The summed E-state index contributed by atoms with van der Waals surface area (Å²) in [5.74, 6) is 0. The summed E-state index contributed by atoms with van der Waals surface area (Å²) in [5, 5.41) is 5.30. The van der Waals surface area contributed by atoms with Crippen LogP contribution in [0.1, 0.15) is 10.4 Å². The first kappa shape index (κ1) is 10.9. The van der Waals surface area contributed by atoms with Gasteiger partial charge in [0.25, 0.3) is 0 Å². The van der Waals surface area contributed by atoms with Crippen LogP contribution in [-0.2, 0) is 19.9 Å². The lowest BCUT2D eigenvalue weighted by molar-refractivity contribution is 0.775. The van der Waals surface area contributed by atoms with E-state index in [1.54, 1.807) is 11.3 Å². The highest BCUT2D eigenvalue weighted by Gasteiger charge is 2.21. The van der Waals surface area contributed by atoms with Crippen LogP contribution in [0.15, 0.2) is 36.5 Å². The largest absolute Gasteiger partial charge is 0.266 e. The van der Waals surface area contributed by atoms with Crippen LogP contribution < -0.4 is 0 Å². The second-order valence-corrected chi connectivity index (χ2v) is 5.87. The summed E-state index contributed by atoms with van der Waals surface area (Å²) in [6.07, 6.45) is 4.04. The van der Waals surface area contributed by atoms with Gasteiger partial charge in [0, 0.05) is 23.7 Å². The number of fused-ring (bicyclic) bond motifs is 3. The van der Waals surface area contributed by atoms with E-state index < -0.39 is 0 Å². The van der Waals surface area contributed by atoms with Crippen LogP contribution in [0.5, 0.6) is 0 Å². The van der Waals surface area contributed by atoms with Crippen LogP contribution in [0.4, 0.5) is 0 Å². The lowest BCUT2D eigenvalue weighted by atomic mass is 9.94. The maximum Gasteiger partial charge on any atom is 0.142 e. The topological polar surface area (TPSA) is 30.7 Å². The molecule has 4 rings (SSSR count). The Bertz CT molecular complexity index is 754. The molecule has 0 radical (unpaired) electrons. The molecule has 0 aliphatic heterocycles. The van der Waals surface area contributed by atoms with Crippen LogP contribution >= 0.6 is 11.3 Å². The van der Waals surface area contributed by atoms with E-state index in [2.05, 4.69) is 29.4 Å². The molecule has 19 heavy (non-hydrogen) atoms. The highest BCUT2D eigenvalue weighted by Crippen LogP contribution is 2.39. The molecular formula is C15H13N3S. The number of thiazole rings is 1. The van der Waals surface area contributed by atoms with Crippen molar-refractivity contribution in [1.29, 1.82) is 0 Å². The molecule has 2 heterocycles. The number of hydrogen-bond acceptors (Lipinski definition) is 3. The van der Waals surface area contributed by atoms with E-state index in [9.17, 15) is 0 Å². The first-order valence-corrected chi connectivity index (χ1v) is 7.21. The van der Waals surface area contributed by atoms with Crippen molar-refractivity contribution in [3.63, 3.8) is 0 Å². The van der Waals surface area contributed by atoms with Crippen LogP contribution in [0.2, 0.25) is 0 Å². The number of aromatic nitrogens is 3. The van der Waals surface area contributed by atoms with Gasteiger partial charge >= 0.3 is 0 Å². The average molecular weight is 267 g/mol. The molecule has 0 amide bonds. The van der Waals surface area contributed by atoms with E-state index >= 15 is 0 Å². The third-order valence-corrected chi connectivity index (χ3v) is 4.77. The van der Waals surface area contributed by atoms with Crippen molar-refractivity contribution in [1.82, 2.24) is 14.8 Å². The van der Waals surface area contributed by atoms with Gasteiger partial charge in [-0.1, -0.05) is 24.3 Å². The van der Waals surface area contributed by atoms with Gasteiger partial charge in [0.1, 0.15) is 5.01 Å². The maximum atomic E-state index is 4.85. The van der Waals surface area contributed by atoms with E-state index in [0.29, 0.717) is 0 Å². The molecule has 0 saturated carbocycles. The molecule has 1 aliphatic rings. The number of rotatable bonds is 1. The van der Waals surface area contributed by atoms with Gasteiger partial charge in [0.2, 0.25) is 0 Å². The van der Waals surface area contributed by atoms with Crippen molar-refractivity contribution < 1.29 is 0 Å². The molecule has 0 bridgehead atoms. The van der Waals surface area contributed by atoms with Crippen LogP contribution in [0.25, 0.3) is 22.0 Å². The fraction of sp³-hybridized carbons (Fsp3) is 0.200. The fourth-order valence-corrected chi connectivity index (χ4v) is 3.77. The molecule has 0 saturated heterocycles. The fourth-order valence-electron chi connectivity index (χ4n) is 2.64. The molecule has 1 aromatic carbocycles. The highest BCUT2D eigenvalue weighted by molar-refractivity contribution is 7.15. The number of nitrogens with zero attached hydrogens (tertiary/aromatic N) is 3. The molecule has 94 valence electrons. The molecule has 0 unspecified atom stereocenters. The zero-order chi connectivity index (χ0) is 12.8. The summed E-state index contributed by atoms with van der Waals surface area (Å²) >= 11 is 1.80. The van der Waals surface area contributed by atoms with Gasteiger partial charge in [0.15, 0.2) is 0 Å². The molecule has 1 aliphatic carbocycles. The SMILES string of the molecule is Cn1nccc1-c1nc2c(s1)CCc1ccccc1-2. The smallest absolute Gasteiger partial charge is 0.142 e. The number of aryl methyl sites for hydroxylation is 3. The highest BCUT2D eigenvalue weighted by atomic mass is 32.1. The lowest BCUT2D eigenvalue weighted by Crippen LogP contribution is -2.01. The summed E-state index contributed by atoms with van der Waals surface area (Å²) in [6, 6.07) is 10.6. The van der Waals surface area contributed by atoms with Crippen molar-refractivity contribution in [2.24, 2.45) is 7.05 Å². The monoisotopic (exact) mass is 267 g/mol. The average Bonchev–Trinajstić information content (AvgIpc) is 3.04. The Morgan fingerprint density at radius 2 is 2.05 bits per heavy atom. The van der Waals surface area contributed by atoms with Crippen LogP contribution in [0, 0.1) is 0 Å². The van der Waals surface area contributed by atoms with E-state index in [-0.39, 0.29) is 0 Å². The van der Waals surface area contributed by atoms with E-state index in [0.717, 1.165) is 23.5 Å². The minimum Gasteiger partial charge on any atom is -0.266 e. The number of hydrogen-bond donors (Lipinski definition) is 0. The Kier molecular flexibility index (Phi) is 2.32. The van der Waals surface area contributed by atoms with E-state index in [4.69, 9.17) is 4.98 Å². The van der Waals surface area contributed by atoms with Gasteiger partial charge in [-0.2, -0.15) is 5.10 Å². The summed E-state index contributed by atoms with van der Waals surface area (Å²) in [5.41, 5.74) is 4.98. The van der Waals surface area contributed by atoms with Crippen molar-refractivity contribution >= 4 is 11.3 Å². The summed E-state index contributed by atoms with van der Waals surface area (Å²) in [6.45, 7) is 0. The third kappa shape index (κ3) is 1.64. The Labute approximate surface area is 115 Å². The summed E-state index contributed by atoms with van der Waals surface area (Å²) in [7, 11) is 1.96. The zero-order valence-corrected chi connectivity index (χ0v) is 11.4. The van der Waals surface area contributed by atoms with E-state index in [1.165, 1.54) is 21.7 Å². The number of benzene rings is 1. The zero-order valence-electron chi connectivity index (χ0n) is 10.6. The summed E-state index contributed by atoms with van der Waals surface area (Å²) < 4.78 is 1.89. The van der Waals surface area contributed by atoms with Crippen molar-refractivity contribution in [3.05, 3.63) is 47.0 Å². The molecule has 0 atom stereocenters. The third-order valence-electron chi connectivity index (χ3n) is 3.63. The normalized spacial score (nSPS) is 13.1. The molecule has 3 nitrogen and oxygen atoms in total. The Balaban J connectivity index is 1.90.